The molecule has 7 heteroatoms. The van der Waals surface area contributed by atoms with Crippen LogP contribution in [0.4, 0.5) is 0 Å². The predicted molar refractivity (Wildman–Crippen MR) is 134 cm³/mol. The van der Waals surface area contributed by atoms with E-state index in [2.05, 4.69) is 0 Å². The Morgan fingerprint density at radius 1 is 1.14 bits per heavy atom. The van der Waals surface area contributed by atoms with Gasteiger partial charge in [-0.25, -0.2) is 0 Å². The summed E-state index contributed by atoms with van der Waals surface area (Å²) >= 11 is 0. The van der Waals surface area contributed by atoms with Crippen LogP contribution in [-0.4, -0.2) is 50.7 Å². The minimum Gasteiger partial charge on any atom is -0.497 e. The molecule has 1 amide bonds. The standard InChI is InChI=1S/C28H31NO6/c1-5-34-28(31)20-7-6-12-29(16-20)27(30)13-18(2)22-14-23-24(17-35-26(23)15-25(22)33-4)19-8-10-21(32-3)11-9-19/h8-11,13-15,17,20H,5-7,12,16H2,1-4H3/b18-13+. The molecule has 1 aliphatic heterocycles. The molecule has 4 rings (SSSR count). The summed E-state index contributed by atoms with van der Waals surface area (Å²) in [6.07, 6.45) is 4.86. The third kappa shape index (κ3) is 5.19. The number of methoxy groups -OCH3 is 2. The van der Waals surface area contributed by atoms with Gasteiger partial charge in [0.2, 0.25) is 5.91 Å². The smallest absolute Gasteiger partial charge is 0.310 e. The van der Waals surface area contributed by atoms with Crippen LogP contribution in [0.25, 0.3) is 27.7 Å². The number of rotatable bonds is 7. The number of hydrogen-bond acceptors (Lipinski definition) is 6. The summed E-state index contributed by atoms with van der Waals surface area (Å²) in [5.41, 5.74) is 4.22. The molecule has 0 N–H and O–H groups in total. The van der Waals surface area contributed by atoms with Gasteiger partial charge in [-0.1, -0.05) is 12.1 Å². The highest BCUT2D eigenvalue weighted by Gasteiger charge is 2.29. The summed E-state index contributed by atoms with van der Waals surface area (Å²) in [6, 6.07) is 11.6. The van der Waals surface area contributed by atoms with Crippen molar-refractivity contribution in [2.45, 2.75) is 26.7 Å². The fourth-order valence-corrected chi connectivity index (χ4v) is 4.51. The monoisotopic (exact) mass is 477 g/mol. The van der Waals surface area contributed by atoms with Gasteiger partial charge >= 0.3 is 5.97 Å². The van der Waals surface area contributed by atoms with E-state index < -0.39 is 0 Å². The van der Waals surface area contributed by atoms with Crippen molar-refractivity contribution in [3.05, 3.63) is 54.3 Å². The second kappa shape index (κ2) is 10.7. The lowest BCUT2D eigenvalue weighted by molar-refractivity contribution is -0.150. The Balaban J connectivity index is 1.63. The van der Waals surface area contributed by atoms with Crippen molar-refractivity contribution in [3.8, 4) is 22.6 Å². The van der Waals surface area contributed by atoms with Crippen molar-refractivity contribution in [1.29, 1.82) is 0 Å². The van der Waals surface area contributed by atoms with Gasteiger partial charge < -0.3 is 23.5 Å². The Morgan fingerprint density at radius 2 is 1.91 bits per heavy atom. The van der Waals surface area contributed by atoms with Crippen molar-refractivity contribution >= 4 is 28.4 Å². The predicted octanol–water partition coefficient (Wildman–Crippen LogP) is 5.32. The summed E-state index contributed by atoms with van der Waals surface area (Å²) in [4.78, 5) is 27.0. The number of ether oxygens (including phenoxy) is 3. The van der Waals surface area contributed by atoms with Crippen molar-refractivity contribution in [1.82, 2.24) is 4.90 Å². The average Bonchev–Trinajstić information content (AvgIpc) is 3.31. The number of likely N-dealkylation sites (tertiary alicyclic amines) is 1. The van der Waals surface area contributed by atoms with Crippen LogP contribution >= 0.6 is 0 Å². The maximum atomic E-state index is 13.1. The van der Waals surface area contributed by atoms with Crippen LogP contribution in [-0.2, 0) is 14.3 Å². The minimum atomic E-state index is -0.273. The summed E-state index contributed by atoms with van der Waals surface area (Å²) in [6.45, 7) is 5.03. The van der Waals surface area contributed by atoms with E-state index in [1.807, 2.05) is 43.3 Å². The zero-order chi connectivity index (χ0) is 24.9. The number of benzene rings is 2. The van der Waals surface area contributed by atoms with E-state index in [1.54, 1.807) is 38.4 Å². The first-order valence-corrected chi connectivity index (χ1v) is 11.8. The molecule has 7 nitrogen and oxygen atoms in total. The van der Waals surface area contributed by atoms with Crippen LogP contribution in [0.15, 0.2) is 53.2 Å². The van der Waals surface area contributed by atoms with Crippen LogP contribution in [0.5, 0.6) is 11.5 Å². The third-order valence-electron chi connectivity index (χ3n) is 6.41. The summed E-state index contributed by atoms with van der Waals surface area (Å²) in [7, 11) is 3.24. The summed E-state index contributed by atoms with van der Waals surface area (Å²) < 4.78 is 21.9. The van der Waals surface area contributed by atoms with Crippen LogP contribution in [0.2, 0.25) is 0 Å². The highest BCUT2D eigenvalue weighted by Crippen LogP contribution is 2.38. The number of hydrogen-bond donors (Lipinski definition) is 0. The Bertz CT molecular complexity index is 1240. The molecule has 0 bridgehead atoms. The topological polar surface area (TPSA) is 78.2 Å². The number of allylic oxidation sites excluding steroid dienone is 1. The number of amides is 1. The maximum Gasteiger partial charge on any atom is 0.310 e. The molecule has 0 saturated carbocycles. The molecule has 3 aromatic rings. The van der Waals surface area contributed by atoms with Crippen molar-refractivity contribution in [2.75, 3.05) is 33.9 Å². The zero-order valence-electron chi connectivity index (χ0n) is 20.6. The average molecular weight is 478 g/mol. The van der Waals surface area contributed by atoms with E-state index in [0.29, 0.717) is 31.0 Å². The van der Waals surface area contributed by atoms with E-state index in [0.717, 1.165) is 46.2 Å². The Labute approximate surface area is 205 Å². The van der Waals surface area contributed by atoms with Crippen molar-refractivity contribution in [3.63, 3.8) is 0 Å². The third-order valence-corrected chi connectivity index (χ3v) is 6.41. The van der Waals surface area contributed by atoms with E-state index in [1.165, 1.54) is 0 Å². The number of fused-ring (bicyclic) bond motifs is 1. The van der Waals surface area contributed by atoms with Crippen molar-refractivity contribution < 1.29 is 28.2 Å². The number of piperidine rings is 1. The summed E-state index contributed by atoms with van der Waals surface area (Å²) in [5.74, 6) is 0.775. The quantitative estimate of drug-likeness (QED) is 0.338. The molecule has 1 saturated heterocycles. The van der Waals surface area contributed by atoms with Gasteiger partial charge in [-0.15, -0.1) is 0 Å². The van der Waals surface area contributed by atoms with E-state index >= 15 is 0 Å². The molecule has 0 aliphatic carbocycles. The van der Waals surface area contributed by atoms with Crippen LogP contribution in [0.3, 0.4) is 0 Å². The van der Waals surface area contributed by atoms with Gasteiger partial charge in [-0.05, 0) is 56.0 Å². The fourth-order valence-electron chi connectivity index (χ4n) is 4.51. The molecule has 0 radical (unpaired) electrons. The molecule has 1 unspecified atom stereocenters. The van der Waals surface area contributed by atoms with Gasteiger partial charge in [0.1, 0.15) is 17.1 Å². The van der Waals surface area contributed by atoms with Crippen LogP contribution < -0.4 is 9.47 Å². The maximum absolute atomic E-state index is 13.1. The lowest BCUT2D eigenvalue weighted by Gasteiger charge is -2.31. The molecule has 1 atom stereocenters. The lowest BCUT2D eigenvalue weighted by atomic mass is 9.97. The molecule has 184 valence electrons. The first-order valence-electron chi connectivity index (χ1n) is 11.8. The first-order chi connectivity index (χ1) is 16.9. The molecular weight excluding hydrogens is 446 g/mol. The molecule has 2 aromatic carbocycles. The summed E-state index contributed by atoms with van der Waals surface area (Å²) in [5, 5.41) is 0.923. The lowest BCUT2D eigenvalue weighted by Crippen LogP contribution is -2.42. The van der Waals surface area contributed by atoms with E-state index in [-0.39, 0.29) is 17.8 Å². The van der Waals surface area contributed by atoms with E-state index in [4.69, 9.17) is 18.6 Å². The first kappa shape index (κ1) is 24.4. The molecule has 1 aliphatic rings. The molecular formula is C28H31NO6. The zero-order valence-corrected chi connectivity index (χ0v) is 20.6. The highest BCUT2D eigenvalue weighted by molar-refractivity contribution is 6.00. The van der Waals surface area contributed by atoms with Gasteiger partial charge in [-0.3, -0.25) is 9.59 Å². The number of nitrogens with zero attached hydrogens (tertiary/aromatic N) is 1. The van der Waals surface area contributed by atoms with Gasteiger partial charge in [-0.2, -0.15) is 0 Å². The SMILES string of the molecule is CCOC(=O)C1CCCN(C(=O)/C=C(\C)c2cc3c(-c4ccc(OC)cc4)coc3cc2OC)C1. The largest absolute Gasteiger partial charge is 0.497 e. The van der Waals surface area contributed by atoms with Gasteiger partial charge in [0, 0.05) is 41.7 Å². The fraction of sp³-hybridized carbons (Fsp3) is 0.357. The molecule has 35 heavy (non-hydrogen) atoms. The van der Waals surface area contributed by atoms with Crippen LogP contribution in [0.1, 0.15) is 32.3 Å². The normalized spacial score (nSPS) is 16.3. The Morgan fingerprint density at radius 3 is 2.60 bits per heavy atom. The van der Waals surface area contributed by atoms with Crippen molar-refractivity contribution in [2.24, 2.45) is 5.92 Å². The molecule has 0 spiro atoms. The highest BCUT2D eigenvalue weighted by atomic mass is 16.5. The van der Waals surface area contributed by atoms with Gasteiger partial charge in [0.05, 0.1) is 33.0 Å². The Hall–Kier alpha value is -3.74. The molecule has 1 aromatic heterocycles. The second-order valence-corrected chi connectivity index (χ2v) is 8.63. The number of esters is 1. The molecule has 1 fully saturated rings. The number of carbonyl (C=O) groups is 2. The Kier molecular flexibility index (Phi) is 7.44. The minimum absolute atomic E-state index is 0.124. The number of carbonyl (C=O) groups excluding carboxylic acids is 2. The number of furan rings is 1. The van der Waals surface area contributed by atoms with Gasteiger partial charge in [0.25, 0.3) is 0 Å². The van der Waals surface area contributed by atoms with Gasteiger partial charge in [0.15, 0.2) is 0 Å². The van der Waals surface area contributed by atoms with E-state index in [9.17, 15) is 9.59 Å². The second-order valence-electron chi connectivity index (χ2n) is 8.63. The molecule has 2 heterocycles. The van der Waals surface area contributed by atoms with Crippen LogP contribution in [0, 0.1) is 5.92 Å².